The van der Waals surface area contributed by atoms with E-state index in [0.29, 0.717) is 12.0 Å². The lowest BCUT2D eigenvalue weighted by atomic mass is 9.87. The Morgan fingerprint density at radius 3 is 2.77 bits per heavy atom. The molecule has 1 saturated carbocycles. The summed E-state index contributed by atoms with van der Waals surface area (Å²) in [7, 11) is 0. The van der Waals surface area contributed by atoms with E-state index in [9.17, 15) is 5.11 Å². The molecule has 3 nitrogen and oxygen atoms in total. The van der Waals surface area contributed by atoms with Gasteiger partial charge < -0.3 is 15.2 Å². The largest absolute Gasteiger partial charge is 0.393 e. The minimum Gasteiger partial charge on any atom is -0.393 e. The van der Waals surface area contributed by atoms with Crippen LogP contribution in [0.4, 0.5) is 0 Å². The van der Waals surface area contributed by atoms with Crippen molar-refractivity contribution in [1.29, 1.82) is 0 Å². The quantitative estimate of drug-likeness (QED) is 0.674. The van der Waals surface area contributed by atoms with Crippen LogP contribution in [-0.2, 0) is 4.74 Å². The van der Waals surface area contributed by atoms with Crippen LogP contribution < -0.4 is 5.32 Å². The molecule has 0 bridgehead atoms. The topological polar surface area (TPSA) is 41.5 Å². The second-order valence-electron chi connectivity index (χ2n) is 4.33. The Morgan fingerprint density at radius 1 is 1.31 bits per heavy atom. The lowest BCUT2D eigenvalue weighted by Gasteiger charge is -2.31. The predicted molar refractivity (Wildman–Crippen MR) is 50.6 cm³/mol. The third-order valence-electron chi connectivity index (χ3n) is 3.09. The average Bonchev–Trinajstić information content (AvgIpc) is 2.01. The van der Waals surface area contributed by atoms with Crippen molar-refractivity contribution in [3.63, 3.8) is 0 Å². The summed E-state index contributed by atoms with van der Waals surface area (Å²) >= 11 is 0. The number of aliphatic hydroxyl groups is 1. The fraction of sp³-hybridized carbons (Fsp3) is 1.00. The number of aliphatic hydroxyl groups excluding tert-OH is 1. The van der Waals surface area contributed by atoms with Gasteiger partial charge in [-0.1, -0.05) is 6.42 Å². The maximum atomic E-state index is 9.46. The molecule has 2 fully saturated rings. The first-order valence-corrected chi connectivity index (χ1v) is 5.34. The number of hydrogen-bond acceptors (Lipinski definition) is 3. The summed E-state index contributed by atoms with van der Waals surface area (Å²) in [6.07, 6.45) is 4.41. The number of hydrogen-bond donors (Lipinski definition) is 2. The lowest BCUT2D eigenvalue weighted by Crippen LogP contribution is -2.48. The second-order valence-corrected chi connectivity index (χ2v) is 4.33. The van der Waals surface area contributed by atoms with Crippen molar-refractivity contribution in [3.05, 3.63) is 0 Å². The molecular weight excluding hydrogens is 166 g/mol. The molecule has 0 aromatic carbocycles. The van der Waals surface area contributed by atoms with E-state index < -0.39 is 0 Å². The number of nitrogens with one attached hydrogen (secondary N) is 1. The summed E-state index contributed by atoms with van der Waals surface area (Å²) in [5, 5.41) is 12.9. The summed E-state index contributed by atoms with van der Waals surface area (Å²) in [5.41, 5.74) is 0. The first-order valence-electron chi connectivity index (χ1n) is 5.34. The highest BCUT2D eigenvalue weighted by atomic mass is 16.5. The zero-order chi connectivity index (χ0) is 9.10. The van der Waals surface area contributed by atoms with Crippen LogP contribution in [0.25, 0.3) is 0 Å². The Morgan fingerprint density at radius 2 is 2.15 bits per heavy atom. The molecule has 0 amide bonds. The van der Waals surface area contributed by atoms with Gasteiger partial charge in [-0.15, -0.1) is 0 Å². The standard InChI is InChI=1S/C10H19NO2/c12-10-3-1-2-8(4-10)5-11-9-6-13-7-9/h8-12H,1-7H2. The molecule has 0 spiro atoms. The van der Waals surface area contributed by atoms with E-state index >= 15 is 0 Å². The van der Waals surface area contributed by atoms with Crippen LogP contribution in [0.3, 0.4) is 0 Å². The van der Waals surface area contributed by atoms with Crippen molar-refractivity contribution in [3.8, 4) is 0 Å². The summed E-state index contributed by atoms with van der Waals surface area (Å²) in [4.78, 5) is 0. The lowest BCUT2D eigenvalue weighted by molar-refractivity contribution is -0.00855. The molecule has 2 atom stereocenters. The smallest absolute Gasteiger partial charge is 0.0643 e. The molecule has 1 aliphatic heterocycles. The summed E-state index contributed by atoms with van der Waals surface area (Å²) < 4.78 is 5.08. The first kappa shape index (κ1) is 9.44. The summed E-state index contributed by atoms with van der Waals surface area (Å²) in [5.74, 6) is 0.685. The second kappa shape index (κ2) is 4.40. The van der Waals surface area contributed by atoms with Crippen LogP contribution in [0, 0.1) is 5.92 Å². The maximum absolute atomic E-state index is 9.46. The SMILES string of the molecule is OC1CCCC(CNC2COC2)C1. The van der Waals surface area contributed by atoms with Gasteiger partial charge in [-0.25, -0.2) is 0 Å². The molecule has 13 heavy (non-hydrogen) atoms. The minimum atomic E-state index is -0.0433. The third kappa shape index (κ3) is 2.66. The van der Waals surface area contributed by atoms with E-state index in [1.54, 1.807) is 0 Å². The van der Waals surface area contributed by atoms with Crippen LogP contribution >= 0.6 is 0 Å². The van der Waals surface area contributed by atoms with Crippen LogP contribution in [0.1, 0.15) is 25.7 Å². The minimum absolute atomic E-state index is 0.0433. The number of ether oxygens (including phenoxy) is 1. The normalized spacial score (nSPS) is 35.8. The summed E-state index contributed by atoms with van der Waals surface area (Å²) in [6, 6.07) is 0.582. The van der Waals surface area contributed by atoms with E-state index in [4.69, 9.17) is 4.74 Å². The van der Waals surface area contributed by atoms with Crippen LogP contribution in [0.2, 0.25) is 0 Å². The number of rotatable bonds is 3. The van der Waals surface area contributed by atoms with E-state index in [-0.39, 0.29) is 6.10 Å². The van der Waals surface area contributed by atoms with Gasteiger partial charge in [0, 0.05) is 0 Å². The molecule has 2 N–H and O–H groups in total. The molecule has 1 saturated heterocycles. The Balaban J connectivity index is 1.62. The van der Waals surface area contributed by atoms with Gasteiger partial charge in [-0.05, 0) is 31.7 Å². The fourth-order valence-electron chi connectivity index (χ4n) is 2.13. The van der Waals surface area contributed by atoms with Gasteiger partial charge in [-0.2, -0.15) is 0 Å². The van der Waals surface area contributed by atoms with E-state index in [1.165, 1.54) is 12.8 Å². The highest BCUT2D eigenvalue weighted by Crippen LogP contribution is 2.23. The van der Waals surface area contributed by atoms with Gasteiger partial charge in [-0.3, -0.25) is 0 Å². The van der Waals surface area contributed by atoms with Crippen molar-refractivity contribution in [2.24, 2.45) is 5.92 Å². The van der Waals surface area contributed by atoms with E-state index in [2.05, 4.69) is 5.32 Å². The first-order chi connectivity index (χ1) is 6.34. The Kier molecular flexibility index (Phi) is 3.19. The van der Waals surface area contributed by atoms with Gasteiger partial charge in [0.1, 0.15) is 0 Å². The Labute approximate surface area is 79.5 Å². The highest BCUT2D eigenvalue weighted by molar-refractivity contribution is 4.78. The average molecular weight is 185 g/mol. The molecule has 2 aliphatic rings. The maximum Gasteiger partial charge on any atom is 0.0643 e. The molecule has 0 aromatic rings. The van der Waals surface area contributed by atoms with Crippen molar-refractivity contribution >= 4 is 0 Å². The monoisotopic (exact) mass is 185 g/mol. The molecule has 1 heterocycles. The van der Waals surface area contributed by atoms with E-state index in [0.717, 1.165) is 32.6 Å². The molecule has 2 unspecified atom stereocenters. The molecule has 1 aliphatic carbocycles. The van der Waals surface area contributed by atoms with Gasteiger partial charge >= 0.3 is 0 Å². The Hall–Kier alpha value is -0.120. The summed E-state index contributed by atoms with van der Waals surface area (Å²) in [6.45, 7) is 2.80. The van der Waals surface area contributed by atoms with Crippen molar-refractivity contribution < 1.29 is 9.84 Å². The zero-order valence-corrected chi connectivity index (χ0v) is 8.04. The van der Waals surface area contributed by atoms with E-state index in [1.807, 2.05) is 0 Å². The molecule has 0 radical (unpaired) electrons. The van der Waals surface area contributed by atoms with Gasteiger partial charge in [0.25, 0.3) is 0 Å². The van der Waals surface area contributed by atoms with Crippen LogP contribution in [0.5, 0.6) is 0 Å². The van der Waals surface area contributed by atoms with Crippen molar-refractivity contribution in [2.45, 2.75) is 37.8 Å². The predicted octanol–water partition coefficient (Wildman–Crippen LogP) is 0.526. The van der Waals surface area contributed by atoms with Crippen molar-refractivity contribution in [1.82, 2.24) is 5.32 Å². The molecule has 76 valence electrons. The van der Waals surface area contributed by atoms with Gasteiger partial charge in [0.05, 0.1) is 25.4 Å². The molecule has 3 heteroatoms. The van der Waals surface area contributed by atoms with Gasteiger partial charge in [0.15, 0.2) is 0 Å². The van der Waals surface area contributed by atoms with Crippen LogP contribution in [0.15, 0.2) is 0 Å². The molecule has 0 aromatic heterocycles. The van der Waals surface area contributed by atoms with Crippen LogP contribution in [-0.4, -0.2) is 37.0 Å². The third-order valence-corrected chi connectivity index (χ3v) is 3.09. The van der Waals surface area contributed by atoms with Gasteiger partial charge in [0.2, 0.25) is 0 Å². The van der Waals surface area contributed by atoms with Crippen molar-refractivity contribution in [2.75, 3.05) is 19.8 Å². The fourth-order valence-corrected chi connectivity index (χ4v) is 2.13. The zero-order valence-electron chi connectivity index (χ0n) is 8.04. The Bertz CT molecular complexity index is 159. The highest BCUT2D eigenvalue weighted by Gasteiger charge is 2.23. The molecule has 2 rings (SSSR count). The molecular formula is C10H19NO2.